The van der Waals surface area contributed by atoms with Gasteiger partial charge in [-0.25, -0.2) is 9.78 Å². The number of halogens is 7. The number of nitrogens with one attached hydrogen (secondary N) is 1. The van der Waals surface area contributed by atoms with Crippen molar-refractivity contribution in [1.82, 2.24) is 14.9 Å². The molecule has 0 atom stereocenters. The summed E-state index contributed by atoms with van der Waals surface area (Å²) in [7, 11) is 0. The lowest BCUT2D eigenvalue weighted by molar-refractivity contribution is -0.143. The fraction of sp³-hybridized carbons (Fsp3) is 0.381. The van der Waals surface area contributed by atoms with Crippen molar-refractivity contribution < 1.29 is 40.3 Å². The molecule has 1 aliphatic rings. The van der Waals surface area contributed by atoms with E-state index < -0.39 is 29.5 Å². The van der Waals surface area contributed by atoms with Gasteiger partial charge in [-0.05, 0) is 36.7 Å². The van der Waals surface area contributed by atoms with Gasteiger partial charge in [-0.2, -0.15) is 31.3 Å². The van der Waals surface area contributed by atoms with Gasteiger partial charge >= 0.3 is 18.4 Å². The average Bonchev–Trinajstić information content (AvgIpc) is 3.16. The number of rotatable bonds is 4. The minimum atomic E-state index is -4.95. The van der Waals surface area contributed by atoms with Crippen LogP contribution in [0.15, 0.2) is 28.7 Å². The second-order valence-corrected chi connectivity index (χ2v) is 8.09. The Morgan fingerprint density at radius 3 is 2.19 bits per heavy atom. The second-order valence-electron chi connectivity index (χ2n) is 7.72. The van der Waals surface area contributed by atoms with E-state index in [1.807, 2.05) is 0 Å². The quantitative estimate of drug-likeness (QED) is 0.432. The molecule has 3 heterocycles. The van der Waals surface area contributed by atoms with E-state index in [1.54, 1.807) is 6.92 Å². The molecule has 15 heteroatoms. The molecule has 1 N–H and O–H groups in total. The first-order valence-corrected chi connectivity index (χ1v) is 10.9. The van der Waals surface area contributed by atoms with Crippen molar-refractivity contribution in [2.75, 3.05) is 43.0 Å². The van der Waals surface area contributed by atoms with Crippen LogP contribution in [0.25, 0.3) is 11.2 Å². The molecule has 0 unspecified atom stereocenters. The van der Waals surface area contributed by atoms with Crippen LogP contribution in [0.3, 0.4) is 0 Å². The van der Waals surface area contributed by atoms with Crippen molar-refractivity contribution in [1.29, 1.82) is 0 Å². The van der Waals surface area contributed by atoms with Gasteiger partial charge in [0.25, 0.3) is 5.88 Å². The summed E-state index contributed by atoms with van der Waals surface area (Å²) < 4.78 is 89.7. The molecule has 0 radical (unpaired) electrons. The molecule has 2 amide bonds. The Morgan fingerprint density at radius 1 is 1.03 bits per heavy atom. The summed E-state index contributed by atoms with van der Waals surface area (Å²) in [6.07, 6.45) is -9.89. The number of benzene rings is 1. The number of carbonyl (C=O) groups is 1. The lowest BCUT2D eigenvalue weighted by Gasteiger charge is -2.36. The number of nitrogens with zero attached hydrogens (tertiary/aromatic N) is 4. The molecule has 36 heavy (non-hydrogen) atoms. The fourth-order valence-corrected chi connectivity index (χ4v) is 3.78. The van der Waals surface area contributed by atoms with Gasteiger partial charge in [0.2, 0.25) is 5.71 Å². The topological polar surface area (TPSA) is 83.7 Å². The van der Waals surface area contributed by atoms with Crippen LogP contribution in [0.4, 0.5) is 42.6 Å². The van der Waals surface area contributed by atoms with Gasteiger partial charge in [0.05, 0.1) is 17.7 Å². The molecule has 1 fully saturated rings. The van der Waals surface area contributed by atoms with Crippen molar-refractivity contribution >= 4 is 40.4 Å². The molecule has 0 bridgehead atoms. The molecule has 1 aromatic carbocycles. The highest BCUT2D eigenvalue weighted by atomic mass is 35.5. The van der Waals surface area contributed by atoms with Crippen molar-refractivity contribution in [2.45, 2.75) is 19.3 Å². The summed E-state index contributed by atoms with van der Waals surface area (Å²) >= 11 is 5.81. The van der Waals surface area contributed by atoms with E-state index in [9.17, 15) is 31.1 Å². The molecule has 1 aliphatic heterocycles. The van der Waals surface area contributed by atoms with Crippen LogP contribution in [0.2, 0.25) is 5.22 Å². The second kappa shape index (κ2) is 9.56. The Labute approximate surface area is 204 Å². The van der Waals surface area contributed by atoms with E-state index in [4.69, 9.17) is 20.8 Å². The number of alkyl halides is 6. The fourth-order valence-electron chi connectivity index (χ4n) is 3.60. The first-order valence-electron chi connectivity index (χ1n) is 10.6. The van der Waals surface area contributed by atoms with Crippen LogP contribution in [-0.2, 0) is 12.4 Å². The molecule has 0 aliphatic carbocycles. The van der Waals surface area contributed by atoms with Gasteiger partial charge in [-0.3, -0.25) is 5.32 Å². The Balaban J connectivity index is 1.49. The predicted octanol–water partition coefficient (Wildman–Crippen LogP) is 5.67. The highest BCUT2D eigenvalue weighted by Crippen LogP contribution is 2.38. The molecule has 2 aromatic heterocycles. The largest absolute Gasteiger partial charge is 0.475 e. The Kier molecular flexibility index (Phi) is 6.82. The van der Waals surface area contributed by atoms with Gasteiger partial charge in [0.15, 0.2) is 11.0 Å². The number of anilines is 2. The van der Waals surface area contributed by atoms with Crippen molar-refractivity contribution in [3.63, 3.8) is 0 Å². The number of ether oxygens (including phenoxy) is 1. The summed E-state index contributed by atoms with van der Waals surface area (Å²) in [6, 6.07) is 2.21. The van der Waals surface area contributed by atoms with Crippen molar-refractivity contribution in [3.05, 3.63) is 40.6 Å². The van der Waals surface area contributed by atoms with E-state index in [0.717, 1.165) is 0 Å². The number of aromatic nitrogens is 2. The molecular formula is C21H18ClF6N5O3. The average molecular weight is 538 g/mol. The van der Waals surface area contributed by atoms with Crippen LogP contribution >= 0.6 is 11.6 Å². The highest BCUT2D eigenvalue weighted by Gasteiger charge is 2.37. The van der Waals surface area contributed by atoms with Crippen LogP contribution in [-0.4, -0.2) is 53.7 Å². The van der Waals surface area contributed by atoms with Crippen LogP contribution in [0, 0.1) is 0 Å². The van der Waals surface area contributed by atoms with E-state index in [0.29, 0.717) is 12.1 Å². The summed E-state index contributed by atoms with van der Waals surface area (Å²) in [6.45, 7) is 1.98. The Hall–Kier alpha value is -3.42. The summed E-state index contributed by atoms with van der Waals surface area (Å²) in [4.78, 5) is 23.9. The first-order chi connectivity index (χ1) is 16.8. The molecule has 3 aromatic rings. The number of hydrogen-bond donors (Lipinski definition) is 1. The lowest BCUT2D eigenvalue weighted by atomic mass is 10.1. The SMILES string of the molecule is CCOc1nc2oc(Cl)cc2nc1NC(=O)N1CCN(c2cc(C(F)(F)F)cc(C(F)(F)F)c2)CC1. The molecule has 4 rings (SSSR count). The van der Waals surface area contributed by atoms with E-state index >= 15 is 0 Å². The third-order valence-corrected chi connectivity index (χ3v) is 5.50. The zero-order chi connectivity index (χ0) is 26.3. The number of piperazine rings is 1. The third-order valence-electron chi connectivity index (χ3n) is 5.31. The van der Waals surface area contributed by atoms with Gasteiger partial charge in [-0.15, -0.1) is 0 Å². The van der Waals surface area contributed by atoms with Gasteiger partial charge < -0.3 is 19.0 Å². The maximum atomic E-state index is 13.2. The summed E-state index contributed by atoms with van der Waals surface area (Å²) in [5.74, 6) is -0.00593. The molecule has 194 valence electrons. The number of furan rings is 1. The smallest absolute Gasteiger partial charge is 0.416 e. The van der Waals surface area contributed by atoms with Crippen molar-refractivity contribution in [3.8, 4) is 5.88 Å². The number of carbonyl (C=O) groups excluding carboxylic acids is 1. The summed E-state index contributed by atoms with van der Waals surface area (Å²) in [5.41, 5.74) is -2.65. The number of urea groups is 1. The van der Waals surface area contributed by atoms with Crippen LogP contribution in [0.5, 0.6) is 5.88 Å². The Bertz CT molecular complexity index is 1240. The number of amides is 2. The van der Waals surface area contributed by atoms with Gasteiger partial charge in [0.1, 0.15) is 5.52 Å². The number of hydrogen-bond acceptors (Lipinski definition) is 6. The normalized spacial score (nSPS) is 14.9. The molecule has 1 saturated heterocycles. The molecule has 8 nitrogen and oxygen atoms in total. The van der Waals surface area contributed by atoms with E-state index in [1.165, 1.54) is 15.9 Å². The summed E-state index contributed by atoms with van der Waals surface area (Å²) in [5, 5.41) is 2.60. The maximum absolute atomic E-state index is 13.2. The Morgan fingerprint density at radius 2 is 1.64 bits per heavy atom. The minimum absolute atomic E-state index is 0.00180. The molecule has 0 spiro atoms. The van der Waals surface area contributed by atoms with Gasteiger partial charge in [0, 0.05) is 37.9 Å². The molecule has 0 saturated carbocycles. The monoisotopic (exact) mass is 537 g/mol. The highest BCUT2D eigenvalue weighted by molar-refractivity contribution is 6.29. The molecular weight excluding hydrogens is 520 g/mol. The first kappa shape index (κ1) is 25.7. The van der Waals surface area contributed by atoms with Crippen molar-refractivity contribution in [2.24, 2.45) is 0 Å². The van der Waals surface area contributed by atoms with E-state index in [-0.39, 0.29) is 72.7 Å². The zero-order valence-electron chi connectivity index (χ0n) is 18.5. The van der Waals surface area contributed by atoms with Crippen LogP contribution < -0.4 is 15.0 Å². The van der Waals surface area contributed by atoms with Crippen LogP contribution in [0.1, 0.15) is 18.1 Å². The zero-order valence-corrected chi connectivity index (χ0v) is 19.3. The lowest BCUT2D eigenvalue weighted by Crippen LogP contribution is -2.50. The maximum Gasteiger partial charge on any atom is 0.416 e. The minimum Gasteiger partial charge on any atom is -0.475 e. The standard InChI is InChI=1S/C21H18ClF6N5O3/c1-2-35-18-16(29-14-10-15(22)36-17(14)31-18)30-19(34)33-5-3-32(4-6-33)13-8-11(20(23,24)25)7-12(9-13)21(26,27)28/h7-10H,2-6H2,1H3,(H,29,30,34). The number of fused-ring (bicyclic) bond motifs is 1. The van der Waals surface area contributed by atoms with Gasteiger partial charge in [-0.1, -0.05) is 0 Å². The predicted molar refractivity (Wildman–Crippen MR) is 117 cm³/mol. The van der Waals surface area contributed by atoms with E-state index in [2.05, 4.69) is 15.3 Å². The third kappa shape index (κ3) is 5.53.